The van der Waals surface area contributed by atoms with Gasteiger partial charge in [0.2, 0.25) is 5.91 Å². The van der Waals surface area contributed by atoms with Crippen molar-refractivity contribution in [1.29, 1.82) is 0 Å². The van der Waals surface area contributed by atoms with Crippen molar-refractivity contribution < 1.29 is 14.5 Å². The molecule has 0 unspecified atom stereocenters. The molecule has 0 bridgehead atoms. The fourth-order valence-corrected chi connectivity index (χ4v) is 2.07. The van der Waals surface area contributed by atoms with E-state index in [-0.39, 0.29) is 23.2 Å². The minimum atomic E-state index is -0.717. The van der Waals surface area contributed by atoms with E-state index in [1.807, 2.05) is 0 Å². The highest BCUT2D eigenvalue weighted by atomic mass is 16.6. The molecule has 2 rings (SSSR count). The second kappa shape index (κ2) is 7.08. The molecule has 23 heavy (non-hydrogen) atoms. The summed E-state index contributed by atoms with van der Waals surface area (Å²) in [7, 11) is 0. The third-order valence-electron chi connectivity index (χ3n) is 3.49. The first kappa shape index (κ1) is 16.7. The van der Waals surface area contributed by atoms with Crippen molar-refractivity contribution in [1.82, 2.24) is 10.6 Å². The number of nitro groups is 1. The Kier molecular flexibility index (Phi) is 5.15. The van der Waals surface area contributed by atoms with Gasteiger partial charge in [0.1, 0.15) is 11.7 Å². The van der Waals surface area contributed by atoms with E-state index in [2.05, 4.69) is 16.0 Å². The predicted molar refractivity (Wildman–Crippen MR) is 85.4 cm³/mol. The molecule has 1 aliphatic carbocycles. The number of nitrogens with zero attached hydrogens (tertiary/aromatic N) is 1. The lowest BCUT2D eigenvalue weighted by atomic mass is 10.1. The third-order valence-corrected chi connectivity index (χ3v) is 3.49. The number of carbonyl (C=O) groups is 2. The van der Waals surface area contributed by atoms with Gasteiger partial charge < -0.3 is 16.0 Å². The van der Waals surface area contributed by atoms with Gasteiger partial charge in [-0.25, -0.2) is 0 Å². The lowest BCUT2D eigenvalue weighted by Gasteiger charge is -2.13. The Morgan fingerprint density at radius 3 is 2.65 bits per heavy atom. The van der Waals surface area contributed by atoms with Crippen molar-refractivity contribution >= 4 is 23.2 Å². The van der Waals surface area contributed by atoms with E-state index in [4.69, 9.17) is 0 Å². The zero-order chi connectivity index (χ0) is 17.0. The van der Waals surface area contributed by atoms with Crippen LogP contribution in [0.25, 0.3) is 0 Å². The Morgan fingerprint density at radius 1 is 1.39 bits per heavy atom. The molecule has 0 saturated heterocycles. The van der Waals surface area contributed by atoms with Gasteiger partial charge in [-0.15, -0.1) is 0 Å². The number of hydrogen-bond acceptors (Lipinski definition) is 5. The Morgan fingerprint density at radius 2 is 2.09 bits per heavy atom. The lowest BCUT2D eigenvalue weighted by Crippen LogP contribution is -2.44. The smallest absolute Gasteiger partial charge is 0.293 e. The summed E-state index contributed by atoms with van der Waals surface area (Å²) in [5.74, 6) is -0.827. The highest BCUT2D eigenvalue weighted by Gasteiger charge is 2.26. The Labute approximate surface area is 133 Å². The first-order chi connectivity index (χ1) is 10.9. The topological polar surface area (TPSA) is 113 Å². The van der Waals surface area contributed by atoms with Gasteiger partial charge in [0.15, 0.2) is 0 Å². The number of nitrogens with one attached hydrogen (secondary N) is 3. The van der Waals surface area contributed by atoms with E-state index in [1.54, 1.807) is 13.8 Å². The molecule has 1 saturated carbocycles. The molecule has 1 aromatic carbocycles. The first-order valence-corrected chi connectivity index (χ1v) is 7.56. The molecule has 124 valence electrons. The SMILES string of the molecule is CCNC(=O)[C@H](C)NC(=O)c1ccc(NC2CC2)c([N+](=O)[O-])c1. The second-order valence-corrected chi connectivity index (χ2v) is 5.50. The van der Waals surface area contributed by atoms with Crippen LogP contribution in [0.1, 0.15) is 37.0 Å². The fourth-order valence-electron chi connectivity index (χ4n) is 2.07. The number of amides is 2. The second-order valence-electron chi connectivity index (χ2n) is 5.50. The molecule has 8 nitrogen and oxygen atoms in total. The van der Waals surface area contributed by atoms with Gasteiger partial charge in [-0.05, 0) is 38.8 Å². The number of likely N-dealkylation sites (N-methyl/N-ethyl adjacent to an activating group) is 1. The van der Waals surface area contributed by atoms with Crippen LogP contribution in [-0.4, -0.2) is 35.4 Å². The minimum absolute atomic E-state index is 0.143. The molecule has 3 N–H and O–H groups in total. The summed E-state index contributed by atoms with van der Waals surface area (Å²) in [5, 5.41) is 19.4. The third kappa shape index (κ3) is 4.41. The van der Waals surface area contributed by atoms with E-state index in [0.717, 1.165) is 12.8 Å². The predicted octanol–water partition coefficient (Wildman–Crippen LogP) is 1.42. The maximum absolute atomic E-state index is 12.2. The largest absolute Gasteiger partial charge is 0.377 e. The lowest BCUT2D eigenvalue weighted by molar-refractivity contribution is -0.384. The molecule has 1 atom stereocenters. The molecule has 8 heteroatoms. The van der Waals surface area contributed by atoms with Crippen molar-refractivity contribution in [3.8, 4) is 0 Å². The van der Waals surface area contributed by atoms with Crippen molar-refractivity contribution in [2.24, 2.45) is 0 Å². The Balaban J connectivity index is 2.12. The summed E-state index contributed by atoms with van der Waals surface area (Å²) in [6.07, 6.45) is 1.98. The van der Waals surface area contributed by atoms with Gasteiger partial charge in [-0.2, -0.15) is 0 Å². The number of carbonyl (C=O) groups excluding carboxylic acids is 2. The number of rotatable bonds is 7. The number of anilines is 1. The Bertz CT molecular complexity index is 628. The highest BCUT2D eigenvalue weighted by Crippen LogP contribution is 2.31. The first-order valence-electron chi connectivity index (χ1n) is 7.56. The summed E-state index contributed by atoms with van der Waals surface area (Å²) < 4.78 is 0. The average Bonchev–Trinajstić information content (AvgIpc) is 3.31. The van der Waals surface area contributed by atoms with Crippen LogP contribution in [0.4, 0.5) is 11.4 Å². The van der Waals surface area contributed by atoms with E-state index in [9.17, 15) is 19.7 Å². The van der Waals surface area contributed by atoms with Crippen LogP contribution in [-0.2, 0) is 4.79 Å². The van der Waals surface area contributed by atoms with E-state index in [1.165, 1.54) is 18.2 Å². The molecule has 1 aromatic rings. The maximum atomic E-state index is 12.2. The molecular weight excluding hydrogens is 300 g/mol. The van der Waals surface area contributed by atoms with E-state index < -0.39 is 16.9 Å². The fraction of sp³-hybridized carbons (Fsp3) is 0.467. The van der Waals surface area contributed by atoms with Crippen LogP contribution in [0, 0.1) is 10.1 Å². The van der Waals surface area contributed by atoms with Crippen molar-refractivity contribution in [3.05, 3.63) is 33.9 Å². The van der Waals surface area contributed by atoms with Crippen LogP contribution in [0.5, 0.6) is 0 Å². The molecule has 1 fully saturated rings. The Hall–Kier alpha value is -2.64. The molecule has 1 aliphatic rings. The number of hydrogen-bond donors (Lipinski definition) is 3. The monoisotopic (exact) mass is 320 g/mol. The van der Waals surface area contributed by atoms with Gasteiger partial charge in [0.05, 0.1) is 4.92 Å². The van der Waals surface area contributed by atoms with E-state index >= 15 is 0 Å². The quantitative estimate of drug-likeness (QED) is 0.519. The average molecular weight is 320 g/mol. The van der Waals surface area contributed by atoms with Crippen molar-refractivity contribution in [3.63, 3.8) is 0 Å². The molecule has 0 radical (unpaired) electrons. The normalized spacial score (nSPS) is 14.7. The summed E-state index contributed by atoms with van der Waals surface area (Å²) in [6.45, 7) is 3.80. The molecular formula is C15H20N4O4. The van der Waals surface area contributed by atoms with Gasteiger partial charge in [-0.1, -0.05) is 0 Å². The highest BCUT2D eigenvalue weighted by molar-refractivity contribution is 5.98. The number of nitro benzene ring substituents is 1. The van der Waals surface area contributed by atoms with Crippen LogP contribution >= 0.6 is 0 Å². The summed E-state index contributed by atoms with van der Waals surface area (Å²) in [4.78, 5) is 34.4. The molecule has 0 heterocycles. The minimum Gasteiger partial charge on any atom is -0.377 e. The molecule has 2 amide bonds. The summed E-state index contributed by atoms with van der Waals surface area (Å²) in [5.41, 5.74) is 0.412. The van der Waals surface area contributed by atoms with Gasteiger partial charge in [0.25, 0.3) is 11.6 Å². The standard InChI is InChI=1S/C15H20N4O4/c1-3-16-14(20)9(2)17-15(21)10-4-7-12(18-11-5-6-11)13(8-10)19(22)23/h4,7-9,11,18H,3,5-6H2,1-2H3,(H,16,20)(H,17,21)/t9-/m0/s1. The van der Waals surface area contributed by atoms with Crippen LogP contribution in [0.3, 0.4) is 0 Å². The zero-order valence-corrected chi connectivity index (χ0v) is 13.1. The van der Waals surface area contributed by atoms with Crippen LogP contribution in [0.2, 0.25) is 0 Å². The molecule has 0 aromatic heterocycles. The van der Waals surface area contributed by atoms with Crippen LogP contribution < -0.4 is 16.0 Å². The van der Waals surface area contributed by atoms with Gasteiger partial charge >= 0.3 is 0 Å². The van der Waals surface area contributed by atoms with Gasteiger partial charge in [0, 0.05) is 24.2 Å². The van der Waals surface area contributed by atoms with Crippen LogP contribution in [0.15, 0.2) is 18.2 Å². The molecule has 0 spiro atoms. The number of benzene rings is 1. The maximum Gasteiger partial charge on any atom is 0.293 e. The molecule has 0 aliphatic heterocycles. The van der Waals surface area contributed by atoms with Crippen molar-refractivity contribution in [2.45, 2.75) is 38.8 Å². The van der Waals surface area contributed by atoms with E-state index in [0.29, 0.717) is 12.2 Å². The summed E-state index contributed by atoms with van der Waals surface area (Å²) >= 11 is 0. The summed E-state index contributed by atoms with van der Waals surface area (Å²) in [6, 6.07) is 3.82. The van der Waals surface area contributed by atoms with Crippen molar-refractivity contribution in [2.75, 3.05) is 11.9 Å². The zero-order valence-electron chi connectivity index (χ0n) is 13.1. The van der Waals surface area contributed by atoms with Gasteiger partial charge in [-0.3, -0.25) is 19.7 Å².